The fraction of sp³-hybridized carbons (Fsp3) is 0.333. The number of benzene rings is 1. The van der Waals surface area contributed by atoms with Crippen LogP contribution in [0.2, 0.25) is 0 Å². The smallest absolute Gasteiger partial charge is 0.319 e. The quantitative estimate of drug-likeness (QED) is 0.440. The average molecular weight is 435 g/mol. The Morgan fingerprint density at radius 2 is 1.91 bits per heavy atom. The van der Waals surface area contributed by atoms with Gasteiger partial charge in [-0.15, -0.1) is 0 Å². The van der Waals surface area contributed by atoms with Gasteiger partial charge in [-0.1, -0.05) is 25.5 Å². The Labute approximate surface area is 188 Å². The Hall–Kier alpha value is -3.68. The Morgan fingerprint density at radius 3 is 2.62 bits per heavy atom. The van der Waals surface area contributed by atoms with Gasteiger partial charge in [-0.25, -0.2) is 9.78 Å². The number of carbonyl (C=O) groups is 1. The molecule has 1 aromatic carbocycles. The molecule has 0 spiro atoms. The number of aromatic nitrogens is 3. The lowest BCUT2D eigenvalue weighted by atomic mass is 10.0. The van der Waals surface area contributed by atoms with E-state index in [0.717, 1.165) is 29.5 Å². The molecular weight excluding hydrogens is 404 g/mol. The van der Waals surface area contributed by atoms with Crippen molar-refractivity contribution in [2.24, 2.45) is 0 Å². The van der Waals surface area contributed by atoms with Crippen LogP contribution in [0.1, 0.15) is 43.9 Å². The number of rotatable bonds is 9. The molecule has 8 heteroatoms. The van der Waals surface area contributed by atoms with Crippen molar-refractivity contribution in [1.29, 1.82) is 0 Å². The third-order valence-corrected chi connectivity index (χ3v) is 4.92. The van der Waals surface area contributed by atoms with Crippen LogP contribution in [0.25, 0.3) is 11.3 Å². The molecule has 1 atom stereocenters. The zero-order chi connectivity index (χ0) is 22.9. The van der Waals surface area contributed by atoms with Crippen LogP contribution in [0.4, 0.5) is 16.3 Å². The van der Waals surface area contributed by atoms with Gasteiger partial charge < -0.3 is 20.7 Å². The van der Waals surface area contributed by atoms with E-state index in [1.54, 1.807) is 25.6 Å². The highest BCUT2D eigenvalue weighted by atomic mass is 16.5. The number of pyridine rings is 1. The molecule has 0 saturated carbocycles. The number of anilines is 2. The van der Waals surface area contributed by atoms with Crippen molar-refractivity contribution in [3.05, 3.63) is 60.2 Å². The van der Waals surface area contributed by atoms with Crippen LogP contribution >= 0.6 is 0 Å². The number of hydrogen-bond donors (Lipinski definition) is 3. The number of amides is 2. The van der Waals surface area contributed by atoms with Crippen LogP contribution in [0.3, 0.4) is 0 Å². The van der Waals surface area contributed by atoms with Crippen molar-refractivity contribution >= 4 is 17.5 Å². The van der Waals surface area contributed by atoms with Gasteiger partial charge >= 0.3 is 6.03 Å². The summed E-state index contributed by atoms with van der Waals surface area (Å²) in [4.78, 5) is 25.3. The topological polar surface area (TPSA) is 101 Å². The number of hydrogen-bond acceptors (Lipinski definition) is 6. The maximum absolute atomic E-state index is 11.9. The fourth-order valence-corrected chi connectivity index (χ4v) is 3.41. The summed E-state index contributed by atoms with van der Waals surface area (Å²) in [5, 5.41) is 8.99. The van der Waals surface area contributed by atoms with Gasteiger partial charge in [-0.3, -0.25) is 9.97 Å². The molecule has 2 amide bonds. The number of methoxy groups -OCH3 is 1. The molecule has 0 aliphatic heterocycles. The van der Waals surface area contributed by atoms with Gasteiger partial charge in [-0.2, -0.15) is 0 Å². The first-order chi connectivity index (χ1) is 15.5. The van der Waals surface area contributed by atoms with Crippen molar-refractivity contribution < 1.29 is 9.53 Å². The molecule has 1 unspecified atom stereocenters. The molecule has 0 radical (unpaired) electrons. The summed E-state index contributed by atoms with van der Waals surface area (Å²) in [5.74, 6) is 1.23. The summed E-state index contributed by atoms with van der Waals surface area (Å²) < 4.78 is 5.47. The van der Waals surface area contributed by atoms with E-state index in [4.69, 9.17) is 9.72 Å². The summed E-state index contributed by atoms with van der Waals surface area (Å²) in [5.41, 5.74) is 4.37. The highest BCUT2D eigenvalue weighted by molar-refractivity contribution is 5.91. The van der Waals surface area contributed by atoms with Crippen molar-refractivity contribution in [2.45, 2.75) is 39.7 Å². The molecule has 3 N–H and O–H groups in total. The van der Waals surface area contributed by atoms with Crippen molar-refractivity contribution in [1.82, 2.24) is 20.3 Å². The molecule has 0 fully saturated rings. The van der Waals surface area contributed by atoms with Gasteiger partial charge in [0.05, 0.1) is 36.9 Å². The number of urea groups is 1. The lowest BCUT2D eigenvalue weighted by Crippen LogP contribution is -2.28. The maximum Gasteiger partial charge on any atom is 0.319 e. The molecule has 2 heterocycles. The minimum Gasteiger partial charge on any atom is -0.495 e. The molecule has 168 valence electrons. The van der Waals surface area contributed by atoms with Gasteiger partial charge in [0, 0.05) is 24.5 Å². The van der Waals surface area contributed by atoms with E-state index in [1.807, 2.05) is 38.4 Å². The Morgan fingerprint density at radius 1 is 1.09 bits per heavy atom. The van der Waals surface area contributed by atoms with Crippen molar-refractivity contribution in [3.63, 3.8) is 0 Å². The zero-order valence-corrected chi connectivity index (χ0v) is 19.0. The van der Waals surface area contributed by atoms with E-state index in [-0.39, 0.29) is 12.1 Å². The maximum atomic E-state index is 11.9. The van der Waals surface area contributed by atoms with Gasteiger partial charge in [0.15, 0.2) is 0 Å². The second-order valence-electron chi connectivity index (χ2n) is 7.47. The average Bonchev–Trinajstić information content (AvgIpc) is 2.79. The summed E-state index contributed by atoms with van der Waals surface area (Å²) in [6, 6.07) is 7.47. The number of nitrogens with one attached hydrogen (secondary N) is 3. The largest absolute Gasteiger partial charge is 0.495 e. The molecule has 2 aromatic heterocycles. The van der Waals surface area contributed by atoms with Crippen LogP contribution in [0.5, 0.6) is 5.75 Å². The van der Waals surface area contributed by atoms with Gasteiger partial charge in [-0.05, 0) is 43.5 Å². The van der Waals surface area contributed by atoms with Crippen LogP contribution in [-0.2, 0) is 0 Å². The highest BCUT2D eigenvalue weighted by Gasteiger charge is 2.14. The molecule has 3 rings (SSSR count). The fourth-order valence-electron chi connectivity index (χ4n) is 3.41. The Balaban J connectivity index is 1.84. The lowest BCUT2D eigenvalue weighted by molar-refractivity contribution is 0.252. The minimum absolute atomic E-state index is 0.0927. The zero-order valence-electron chi connectivity index (χ0n) is 19.0. The van der Waals surface area contributed by atoms with E-state index < -0.39 is 0 Å². The van der Waals surface area contributed by atoms with E-state index in [0.29, 0.717) is 29.5 Å². The number of aryl methyl sites for hydroxylation is 1. The highest BCUT2D eigenvalue weighted by Crippen LogP contribution is 2.31. The predicted molar refractivity (Wildman–Crippen MR) is 127 cm³/mol. The molecule has 0 bridgehead atoms. The van der Waals surface area contributed by atoms with Gasteiger partial charge in [0.1, 0.15) is 11.6 Å². The normalized spacial score (nSPS) is 11.5. The molecule has 0 aliphatic carbocycles. The van der Waals surface area contributed by atoms with E-state index in [1.165, 1.54) is 0 Å². The van der Waals surface area contributed by atoms with Crippen LogP contribution in [0, 0.1) is 6.92 Å². The summed E-state index contributed by atoms with van der Waals surface area (Å²) in [6.07, 6.45) is 9.15. The van der Waals surface area contributed by atoms with Crippen LogP contribution in [-0.4, -0.2) is 34.6 Å². The Bertz CT molecular complexity index is 1060. The van der Waals surface area contributed by atoms with E-state index in [2.05, 4.69) is 38.9 Å². The molecular formula is C24H30N6O2. The monoisotopic (exact) mass is 434 g/mol. The second kappa shape index (κ2) is 11.1. The van der Waals surface area contributed by atoms with E-state index >= 15 is 0 Å². The molecule has 0 saturated heterocycles. The SMILES string of the molecule is CCCC(Nc1cncc(-c2ccc(NC(=O)NCC)c(OC)c2)n1)c1cncc(C)c1. The standard InChI is InChI=1S/C24H30N6O2/c1-5-7-19(18-10-16(3)12-25-13-18)28-23-15-26-14-21(29-23)17-8-9-20(22(11-17)32-4)30-24(31)27-6-2/h8-15,19H,5-7H2,1-4H3,(H,28,29)(H2,27,30,31). The third-order valence-electron chi connectivity index (χ3n) is 4.92. The summed E-state index contributed by atoms with van der Waals surface area (Å²) >= 11 is 0. The molecule has 32 heavy (non-hydrogen) atoms. The van der Waals surface area contributed by atoms with Gasteiger partial charge in [0.25, 0.3) is 0 Å². The van der Waals surface area contributed by atoms with Crippen molar-refractivity contribution in [3.8, 4) is 17.0 Å². The minimum atomic E-state index is -0.280. The van der Waals surface area contributed by atoms with Crippen LogP contribution < -0.4 is 20.7 Å². The lowest BCUT2D eigenvalue weighted by Gasteiger charge is -2.19. The number of nitrogens with zero attached hydrogens (tertiary/aromatic N) is 3. The summed E-state index contributed by atoms with van der Waals surface area (Å²) in [6.45, 7) is 6.60. The first-order valence-corrected chi connectivity index (χ1v) is 10.8. The first-order valence-electron chi connectivity index (χ1n) is 10.8. The molecule has 8 nitrogen and oxygen atoms in total. The molecule has 3 aromatic rings. The summed E-state index contributed by atoms with van der Waals surface area (Å²) in [7, 11) is 1.57. The molecule has 0 aliphatic rings. The van der Waals surface area contributed by atoms with Crippen molar-refractivity contribution in [2.75, 3.05) is 24.3 Å². The third kappa shape index (κ3) is 5.94. The van der Waals surface area contributed by atoms with Crippen LogP contribution in [0.15, 0.2) is 49.1 Å². The number of carbonyl (C=O) groups excluding carboxylic acids is 1. The first kappa shape index (κ1) is 23.0. The number of ether oxygens (including phenoxy) is 1. The predicted octanol–water partition coefficient (Wildman–Crippen LogP) is 4.95. The van der Waals surface area contributed by atoms with Gasteiger partial charge in [0.2, 0.25) is 0 Å². The second-order valence-corrected chi connectivity index (χ2v) is 7.47. The van der Waals surface area contributed by atoms with E-state index in [9.17, 15) is 4.79 Å². The Kier molecular flexibility index (Phi) is 7.96.